The van der Waals surface area contributed by atoms with Crippen LogP contribution < -0.4 is 0 Å². The van der Waals surface area contributed by atoms with Crippen LogP contribution in [-0.2, 0) is 4.74 Å². The second-order valence-corrected chi connectivity index (χ2v) is 5.02. The van der Waals surface area contributed by atoms with Gasteiger partial charge in [-0.1, -0.05) is 43.3 Å². The lowest BCUT2D eigenvalue weighted by Gasteiger charge is -2.28. The summed E-state index contributed by atoms with van der Waals surface area (Å²) in [6.07, 6.45) is 0. The van der Waals surface area contributed by atoms with Crippen molar-refractivity contribution in [3.8, 4) is 5.75 Å². The zero-order valence-electron chi connectivity index (χ0n) is 12.5. The fraction of sp³-hybridized carbons (Fsp3) is 0.412. The number of rotatable bonds is 6. The summed E-state index contributed by atoms with van der Waals surface area (Å²) in [4.78, 5) is 2.30. The van der Waals surface area contributed by atoms with E-state index >= 15 is 0 Å². The number of likely N-dealkylation sites (N-methyl/N-ethyl adjacent to an activating group) is 1. The minimum absolute atomic E-state index is 0.166. The Kier molecular flexibility index (Phi) is 4.99. The lowest BCUT2D eigenvalue weighted by atomic mass is 10.00. The highest BCUT2D eigenvalue weighted by Gasteiger charge is 2.18. The number of hydrogen-bond donors (Lipinski definition) is 1. The van der Waals surface area contributed by atoms with Gasteiger partial charge in [-0.15, -0.1) is 0 Å². The zero-order valence-corrected chi connectivity index (χ0v) is 12.5. The summed E-state index contributed by atoms with van der Waals surface area (Å²) in [5.74, 6) is 0.395. The molecular formula is C17H23NO2. The molecule has 0 saturated carbocycles. The molecule has 108 valence electrons. The van der Waals surface area contributed by atoms with Crippen LogP contribution in [0.3, 0.4) is 0 Å². The Morgan fingerprint density at radius 2 is 1.95 bits per heavy atom. The number of benzene rings is 2. The standard InChI is InChI=1S/C17H23NO2/c1-4-18(11-12-20-3)13(2)15-10-9-14-7-5-6-8-16(14)17(15)19/h5-10,13,19H,4,11-12H2,1-3H3. The Morgan fingerprint density at radius 1 is 1.20 bits per heavy atom. The van der Waals surface area contributed by atoms with Gasteiger partial charge in [0.05, 0.1) is 6.61 Å². The first-order valence-corrected chi connectivity index (χ1v) is 7.12. The average molecular weight is 273 g/mol. The van der Waals surface area contributed by atoms with Crippen molar-refractivity contribution < 1.29 is 9.84 Å². The van der Waals surface area contributed by atoms with Crippen molar-refractivity contribution in [2.24, 2.45) is 0 Å². The van der Waals surface area contributed by atoms with E-state index in [9.17, 15) is 5.11 Å². The maximum atomic E-state index is 10.5. The fourth-order valence-electron chi connectivity index (χ4n) is 2.64. The maximum absolute atomic E-state index is 10.5. The van der Waals surface area contributed by atoms with Crippen molar-refractivity contribution in [2.45, 2.75) is 19.9 Å². The molecule has 2 aromatic rings. The lowest BCUT2D eigenvalue weighted by molar-refractivity contribution is 0.128. The SMILES string of the molecule is CCN(CCOC)C(C)c1ccc2ccccc2c1O. The van der Waals surface area contributed by atoms with Gasteiger partial charge in [-0.2, -0.15) is 0 Å². The monoisotopic (exact) mass is 273 g/mol. The van der Waals surface area contributed by atoms with Crippen LogP contribution in [0.4, 0.5) is 0 Å². The van der Waals surface area contributed by atoms with Crippen molar-refractivity contribution in [3.63, 3.8) is 0 Å². The zero-order chi connectivity index (χ0) is 14.5. The van der Waals surface area contributed by atoms with Gasteiger partial charge >= 0.3 is 0 Å². The van der Waals surface area contributed by atoms with Crippen LogP contribution >= 0.6 is 0 Å². The molecule has 0 amide bonds. The summed E-state index contributed by atoms with van der Waals surface area (Å²) in [7, 11) is 1.71. The molecule has 1 atom stereocenters. The van der Waals surface area contributed by atoms with Gasteiger partial charge < -0.3 is 9.84 Å². The molecule has 0 bridgehead atoms. The number of ether oxygens (including phenoxy) is 1. The molecule has 0 aliphatic rings. The molecule has 3 nitrogen and oxygen atoms in total. The minimum Gasteiger partial charge on any atom is -0.507 e. The second-order valence-electron chi connectivity index (χ2n) is 5.02. The Labute approximate surface area is 120 Å². The summed E-state index contributed by atoms with van der Waals surface area (Å²) < 4.78 is 5.16. The summed E-state index contributed by atoms with van der Waals surface area (Å²) >= 11 is 0. The third-order valence-corrected chi connectivity index (χ3v) is 3.92. The molecule has 0 aromatic heterocycles. The average Bonchev–Trinajstić information content (AvgIpc) is 2.48. The molecule has 0 aliphatic carbocycles. The molecular weight excluding hydrogens is 250 g/mol. The highest BCUT2D eigenvalue weighted by Crippen LogP contribution is 2.34. The topological polar surface area (TPSA) is 32.7 Å². The number of methoxy groups -OCH3 is 1. The van der Waals surface area contributed by atoms with E-state index in [0.29, 0.717) is 12.4 Å². The van der Waals surface area contributed by atoms with E-state index < -0.39 is 0 Å². The number of aromatic hydroxyl groups is 1. The Hall–Kier alpha value is -1.58. The van der Waals surface area contributed by atoms with E-state index in [1.807, 2.05) is 30.3 Å². The van der Waals surface area contributed by atoms with Crippen molar-refractivity contribution in [3.05, 3.63) is 42.0 Å². The van der Waals surface area contributed by atoms with Gasteiger partial charge in [0.25, 0.3) is 0 Å². The van der Waals surface area contributed by atoms with Gasteiger partial charge in [0.2, 0.25) is 0 Å². The molecule has 0 spiro atoms. The van der Waals surface area contributed by atoms with E-state index in [1.165, 1.54) is 0 Å². The number of phenolic OH excluding ortho intramolecular Hbond substituents is 1. The van der Waals surface area contributed by atoms with Gasteiger partial charge in [-0.3, -0.25) is 4.90 Å². The molecule has 0 heterocycles. The Bertz CT molecular complexity index is 568. The van der Waals surface area contributed by atoms with Crippen molar-refractivity contribution in [1.82, 2.24) is 4.90 Å². The third-order valence-electron chi connectivity index (χ3n) is 3.92. The van der Waals surface area contributed by atoms with Crippen LogP contribution in [-0.4, -0.2) is 36.8 Å². The van der Waals surface area contributed by atoms with Crippen molar-refractivity contribution >= 4 is 10.8 Å². The van der Waals surface area contributed by atoms with Crippen LogP contribution in [0, 0.1) is 0 Å². The van der Waals surface area contributed by atoms with E-state index in [0.717, 1.165) is 29.4 Å². The highest BCUT2D eigenvalue weighted by molar-refractivity contribution is 5.89. The van der Waals surface area contributed by atoms with E-state index in [1.54, 1.807) is 7.11 Å². The molecule has 0 aliphatic heterocycles. The first kappa shape index (κ1) is 14.8. The summed E-state index contributed by atoms with van der Waals surface area (Å²) in [6.45, 7) is 6.75. The Balaban J connectivity index is 2.33. The van der Waals surface area contributed by atoms with E-state index in [-0.39, 0.29) is 6.04 Å². The Morgan fingerprint density at radius 3 is 2.65 bits per heavy atom. The van der Waals surface area contributed by atoms with Gasteiger partial charge in [0.15, 0.2) is 0 Å². The fourth-order valence-corrected chi connectivity index (χ4v) is 2.64. The van der Waals surface area contributed by atoms with Crippen molar-refractivity contribution in [1.29, 1.82) is 0 Å². The molecule has 2 aromatic carbocycles. The molecule has 0 fully saturated rings. The second kappa shape index (κ2) is 6.73. The largest absolute Gasteiger partial charge is 0.507 e. The van der Waals surface area contributed by atoms with Crippen LogP contribution in [0.5, 0.6) is 5.75 Å². The highest BCUT2D eigenvalue weighted by atomic mass is 16.5. The molecule has 0 saturated heterocycles. The number of nitrogens with zero attached hydrogens (tertiary/aromatic N) is 1. The summed E-state index contributed by atoms with van der Waals surface area (Å²) in [5.41, 5.74) is 0.974. The predicted molar refractivity (Wildman–Crippen MR) is 83.2 cm³/mol. The molecule has 1 N–H and O–H groups in total. The smallest absolute Gasteiger partial charge is 0.128 e. The normalized spacial score (nSPS) is 13.0. The number of hydrogen-bond acceptors (Lipinski definition) is 3. The lowest BCUT2D eigenvalue weighted by Crippen LogP contribution is -2.30. The molecule has 2 rings (SSSR count). The van der Waals surface area contributed by atoms with Crippen LogP contribution in [0.2, 0.25) is 0 Å². The maximum Gasteiger partial charge on any atom is 0.128 e. The van der Waals surface area contributed by atoms with Crippen LogP contribution in [0.1, 0.15) is 25.5 Å². The predicted octanol–water partition coefficient (Wildman–Crippen LogP) is 3.57. The first-order chi connectivity index (χ1) is 9.69. The van der Waals surface area contributed by atoms with Gasteiger partial charge in [-0.05, 0) is 18.9 Å². The molecule has 3 heteroatoms. The van der Waals surface area contributed by atoms with Crippen LogP contribution in [0.25, 0.3) is 10.8 Å². The summed E-state index contributed by atoms with van der Waals surface area (Å²) in [5, 5.41) is 12.5. The molecule has 0 radical (unpaired) electrons. The van der Waals surface area contributed by atoms with Crippen LogP contribution in [0.15, 0.2) is 36.4 Å². The van der Waals surface area contributed by atoms with E-state index in [4.69, 9.17) is 4.74 Å². The summed E-state index contributed by atoms with van der Waals surface area (Å²) in [6, 6.07) is 12.2. The first-order valence-electron chi connectivity index (χ1n) is 7.12. The van der Waals surface area contributed by atoms with Gasteiger partial charge in [-0.25, -0.2) is 0 Å². The number of phenols is 1. The third kappa shape index (κ3) is 2.94. The molecule has 20 heavy (non-hydrogen) atoms. The van der Waals surface area contributed by atoms with Crippen molar-refractivity contribution in [2.75, 3.05) is 26.8 Å². The minimum atomic E-state index is 0.166. The van der Waals surface area contributed by atoms with Gasteiger partial charge in [0, 0.05) is 30.6 Å². The quantitative estimate of drug-likeness (QED) is 0.873. The molecule has 1 unspecified atom stereocenters. The van der Waals surface area contributed by atoms with E-state index in [2.05, 4.69) is 24.8 Å². The van der Waals surface area contributed by atoms with Gasteiger partial charge in [0.1, 0.15) is 5.75 Å². The number of fused-ring (bicyclic) bond motifs is 1.